The third-order valence-corrected chi connectivity index (χ3v) is 4.81. The Balaban J connectivity index is 1.48. The molecule has 1 heterocycles. The Hall–Kier alpha value is -3.93. The molecule has 4 aromatic rings. The first-order chi connectivity index (χ1) is 14.5. The quantitative estimate of drug-likeness (QED) is 0.313. The molecule has 1 amide bonds. The molecule has 0 aliphatic carbocycles. The Morgan fingerprint density at radius 1 is 1.00 bits per heavy atom. The highest BCUT2D eigenvalue weighted by Crippen LogP contribution is 2.27. The summed E-state index contributed by atoms with van der Waals surface area (Å²) in [6.07, 6.45) is 0. The first-order valence-corrected chi connectivity index (χ1v) is 9.46. The Morgan fingerprint density at radius 3 is 2.57 bits per heavy atom. The number of aryl methyl sites for hydroxylation is 1. The highest BCUT2D eigenvalue weighted by Gasteiger charge is 2.13. The van der Waals surface area contributed by atoms with Crippen LogP contribution in [0.25, 0.3) is 21.7 Å². The molecule has 30 heavy (non-hydrogen) atoms. The number of benzene rings is 3. The van der Waals surface area contributed by atoms with Crippen LogP contribution in [0.4, 0.5) is 0 Å². The van der Waals surface area contributed by atoms with Crippen molar-refractivity contribution in [2.45, 2.75) is 13.5 Å². The second kappa shape index (κ2) is 8.21. The SMILES string of the molecule is Cc1ccc(C(=O)NCC(=O)OCc2cc(=O)oc3ccc4ccccc4c23)cc1. The van der Waals surface area contributed by atoms with Gasteiger partial charge in [0.1, 0.15) is 18.7 Å². The van der Waals surface area contributed by atoms with Gasteiger partial charge in [-0.05, 0) is 35.9 Å². The van der Waals surface area contributed by atoms with Crippen LogP contribution in [-0.2, 0) is 16.1 Å². The molecule has 1 aromatic heterocycles. The monoisotopic (exact) mass is 401 g/mol. The minimum Gasteiger partial charge on any atom is -0.459 e. The number of ether oxygens (including phenoxy) is 1. The van der Waals surface area contributed by atoms with E-state index in [1.54, 1.807) is 18.2 Å². The standard InChI is InChI=1S/C24H19NO5/c1-15-6-8-17(9-7-15)24(28)25-13-22(27)29-14-18-12-21(26)30-20-11-10-16-4-2-3-5-19(16)23(18)20/h2-12H,13-14H2,1H3,(H,25,28). The normalized spacial score (nSPS) is 10.8. The van der Waals surface area contributed by atoms with Crippen LogP contribution >= 0.6 is 0 Å². The zero-order chi connectivity index (χ0) is 21.1. The van der Waals surface area contributed by atoms with Crippen LogP contribution in [0.1, 0.15) is 21.5 Å². The number of esters is 1. The fourth-order valence-electron chi connectivity index (χ4n) is 3.30. The molecule has 0 aliphatic rings. The Kier molecular flexibility index (Phi) is 5.30. The molecule has 0 saturated carbocycles. The summed E-state index contributed by atoms with van der Waals surface area (Å²) in [4.78, 5) is 36.2. The molecule has 150 valence electrons. The second-order valence-corrected chi connectivity index (χ2v) is 6.96. The highest BCUT2D eigenvalue weighted by molar-refractivity contribution is 6.07. The molecule has 6 nitrogen and oxygen atoms in total. The third kappa shape index (κ3) is 4.07. The smallest absolute Gasteiger partial charge is 0.336 e. The molecule has 0 spiro atoms. The summed E-state index contributed by atoms with van der Waals surface area (Å²) in [6, 6.07) is 19.6. The number of rotatable bonds is 5. The average Bonchev–Trinajstić information content (AvgIpc) is 2.75. The van der Waals surface area contributed by atoms with E-state index >= 15 is 0 Å². The van der Waals surface area contributed by atoms with Crippen LogP contribution in [0.3, 0.4) is 0 Å². The number of amides is 1. The van der Waals surface area contributed by atoms with Crippen molar-refractivity contribution in [2.24, 2.45) is 0 Å². The van der Waals surface area contributed by atoms with Crippen molar-refractivity contribution >= 4 is 33.6 Å². The van der Waals surface area contributed by atoms with Gasteiger partial charge in [0.05, 0.1) is 0 Å². The van der Waals surface area contributed by atoms with Gasteiger partial charge in [-0.15, -0.1) is 0 Å². The van der Waals surface area contributed by atoms with E-state index in [0.29, 0.717) is 16.7 Å². The van der Waals surface area contributed by atoms with E-state index < -0.39 is 11.6 Å². The van der Waals surface area contributed by atoms with Gasteiger partial charge in [-0.2, -0.15) is 0 Å². The molecule has 0 radical (unpaired) electrons. The molecule has 0 unspecified atom stereocenters. The number of carbonyl (C=O) groups is 2. The fourth-order valence-corrected chi connectivity index (χ4v) is 3.30. The van der Waals surface area contributed by atoms with E-state index in [0.717, 1.165) is 21.7 Å². The van der Waals surface area contributed by atoms with E-state index in [9.17, 15) is 14.4 Å². The lowest BCUT2D eigenvalue weighted by Gasteiger charge is -2.10. The van der Waals surface area contributed by atoms with Crippen molar-refractivity contribution in [3.63, 3.8) is 0 Å². The average molecular weight is 401 g/mol. The summed E-state index contributed by atoms with van der Waals surface area (Å²) in [5, 5.41) is 5.15. The van der Waals surface area contributed by atoms with Gasteiger partial charge < -0.3 is 14.5 Å². The maximum absolute atomic E-state index is 12.2. The summed E-state index contributed by atoms with van der Waals surface area (Å²) in [5.41, 5.74) is 1.97. The van der Waals surface area contributed by atoms with Crippen molar-refractivity contribution in [1.82, 2.24) is 5.32 Å². The van der Waals surface area contributed by atoms with Crippen molar-refractivity contribution in [1.29, 1.82) is 0 Å². The van der Waals surface area contributed by atoms with Crippen molar-refractivity contribution < 1.29 is 18.7 Å². The van der Waals surface area contributed by atoms with Crippen molar-refractivity contribution in [3.8, 4) is 0 Å². The lowest BCUT2D eigenvalue weighted by molar-refractivity contribution is -0.143. The van der Waals surface area contributed by atoms with E-state index in [1.165, 1.54) is 6.07 Å². The van der Waals surface area contributed by atoms with Gasteiger partial charge in [0.25, 0.3) is 5.91 Å². The Bertz CT molecular complexity index is 1300. The van der Waals surface area contributed by atoms with Crippen LogP contribution in [-0.4, -0.2) is 18.4 Å². The van der Waals surface area contributed by atoms with Gasteiger partial charge >= 0.3 is 11.6 Å². The first-order valence-electron chi connectivity index (χ1n) is 9.46. The van der Waals surface area contributed by atoms with Gasteiger partial charge in [0.2, 0.25) is 0 Å². The lowest BCUT2D eigenvalue weighted by atomic mass is 10.0. The van der Waals surface area contributed by atoms with Crippen LogP contribution in [0.5, 0.6) is 0 Å². The largest absolute Gasteiger partial charge is 0.459 e. The maximum Gasteiger partial charge on any atom is 0.336 e. The van der Waals surface area contributed by atoms with E-state index in [1.807, 2.05) is 49.4 Å². The van der Waals surface area contributed by atoms with Crippen molar-refractivity contribution in [3.05, 3.63) is 93.8 Å². The van der Waals surface area contributed by atoms with Gasteiger partial charge in [-0.25, -0.2) is 4.79 Å². The summed E-state index contributed by atoms with van der Waals surface area (Å²) < 4.78 is 10.6. The van der Waals surface area contributed by atoms with Gasteiger partial charge in [-0.3, -0.25) is 9.59 Å². The zero-order valence-electron chi connectivity index (χ0n) is 16.3. The molecule has 4 rings (SSSR count). The molecule has 0 bridgehead atoms. The number of fused-ring (bicyclic) bond motifs is 3. The number of hydrogen-bond donors (Lipinski definition) is 1. The predicted octanol–water partition coefficient (Wildman–Crippen LogP) is 3.73. The molecular weight excluding hydrogens is 382 g/mol. The number of hydrogen-bond acceptors (Lipinski definition) is 5. The minimum absolute atomic E-state index is 0.102. The molecular formula is C24H19NO5. The molecule has 3 aromatic carbocycles. The van der Waals surface area contributed by atoms with E-state index in [-0.39, 0.29) is 19.1 Å². The van der Waals surface area contributed by atoms with Crippen LogP contribution in [0, 0.1) is 6.92 Å². The lowest BCUT2D eigenvalue weighted by Crippen LogP contribution is -2.30. The maximum atomic E-state index is 12.2. The van der Waals surface area contributed by atoms with E-state index in [4.69, 9.17) is 9.15 Å². The van der Waals surface area contributed by atoms with Crippen LogP contribution < -0.4 is 10.9 Å². The zero-order valence-corrected chi connectivity index (χ0v) is 16.3. The van der Waals surface area contributed by atoms with Crippen molar-refractivity contribution in [2.75, 3.05) is 6.54 Å². The second-order valence-electron chi connectivity index (χ2n) is 6.96. The van der Waals surface area contributed by atoms with Gasteiger partial charge in [0, 0.05) is 22.6 Å². The molecule has 0 saturated heterocycles. The third-order valence-electron chi connectivity index (χ3n) is 4.81. The summed E-state index contributed by atoms with van der Waals surface area (Å²) in [5.74, 6) is -0.958. The van der Waals surface area contributed by atoms with Gasteiger partial charge in [-0.1, -0.05) is 48.0 Å². The van der Waals surface area contributed by atoms with Crippen LogP contribution in [0.15, 0.2) is 75.9 Å². The van der Waals surface area contributed by atoms with Gasteiger partial charge in [0.15, 0.2) is 0 Å². The van der Waals surface area contributed by atoms with Crippen LogP contribution in [0.2, 0.25) is 0 Å². The molecule has 6 heteroatoms. The Labute approximate surface area is 172 Å². The molecule has 1 N–H and O–H groups in total. The highest BCUT2D eigenvalue weighted by atomic mass is 16.5. The Morgan fingerprint density at radius 2 is 1.77 bits per heavy atom. The topological polar surface area (TPSA) is 85.6 Å². The first kappa shape index (κ1) is 19.4. The molecule has 0 aliphatic heterocycles. The fraction of sp³-hybridized carbons (Fsp3) is 0.125. The summed E-state index contributed by atoms with van der Waals surface area (Å²) >= 11 is 0. The summed E-state index contributed by atoms with van der Waals surface area (Å²) in [7, 11) is 0. The number of nitrogens with one attached hydrogen (secondary N) is 1. The molecule has 0 fully saturated rings. The van der Waals surface area contributed by atoms with E-state index in [2.05, 4.69) is 5.32 Å². The predicted molar refractivity (Wildman–Crippen MR) is 113 cm³/mol. The molecule has 0 atom stereocenters. The number of carbonyl (C=O) groups excluding carboxylic acids is 2. The summed E-state index contributed by atoms with van der Waals surface area (Å²) in [6.45, 7) is 1.55. The minimum atomic E-state index is -0.600.